The van der Waals surface area contributed by atoms with Crippen LogP contribution in [0.1, 0.15) is 26.2 Å². The molecular formula is C13H16. The molecule has 0 aromatic heterocycles. The second kappa shape index (κ2) is 3.37. The number of fused-ring (bicyclic) bond motifs is 1. The predicted molar refractivity (Wildman–Crippen MR) is 57.5 cm³/mol. The smallest absolute Gasteiger partial charge is 0.00919 e. The summed E-state index contributed by atoms with van der Waals surface area (Å²) < 4.78 is 0. The average molecular weight is 172 g/mol. The van der Waals surface area contributed by atoms with Crippen LogP contribution in [-0.4, -0.2) is 0 Å². The fraction of sp³-hybridized carbons (Fsp3) is 0.385. The highest BCUT2D eigenvalue weighted by Crippen LogP contribution is 2.50. The van der Waals surface area contributed by atoms with E-state index in [-0.39, 0.29) is 0 Å². The molecule has 0 aliphatic heterocycles. The van der Waals surface area contributed by atoms with Crippen molar-refractivity contribution in [1.29, 1.82) is 0 Å². The Morgan fingerprint density at radius 2 is 2.54 bits per heavy atom. The maximum atomic E-state index is 4.05. The summed E-state index contributed by atoms with van der Waals surface area (Å²) >= 11 is 0. The largest absolute Gasteiger partial charge is 0.0955 e. The van der Waals surface area contributed by atoms with Crippen LogP contribution < -0.4 is 0 Å². The molecule has 1 atom stereocenters. The second-order valence-corrected chi connectivity index (χ2v) is 3.82. The third-order valence-corrected chi connectivity index (χ3v) is 2.76. The van der Waals surface area contributed by atoms with E-state index in [1.54, 1.807) is 11.1 Å². The molecule has 0 amide bonds. The SMILES string of the molecule is C=C(/C=C/CC)CC1=C2C=CCC21. The van der Waals surface area contributed by atoms with Gasteiger partial charge in [0.15, 0.2) is 0 Å². The lowest BCUT2D eigenvalue weighted by Crippen LogP contribution is -1.80. The molecular weight excluding hydrogens is 156 g/mol. The van der Waals surface area contributed by atoms with Gasteiger partial charge in [0, 0.05) is 5.92 Å². The third-order valence-electron chi connectivity index (χ3n) is 2.76. The Morgan fingerprint density at radius 3 is 3.15 bits per heavy atom. The van der Waals surface area contributed by atoms with Gasteiger partial charge in [0.2, 0.25) is 0 Å². The zero-order chi connectivity index (χ0) is 9.26. The predicted octanol–water partition coefficient (Wildman–Crippen LogP) is 3.79. The summed E-state index contributed by atoms with van der Waals surface area (Å²) in [5, 5.41) is 0. The van der Waals surface area contributed by atoms with E-state index < -0.39 is 0 Å². The first-order chi connectivity index (χ1) is 6.33. The molecule has 0 fully saturated rings. The molecule has 0 N–H and O–H groups in total. The second-order valence-electron chi connectivity index (χ2n) is 3.82. The van der Waals surface area contributed by atoms with E-state index in [1.807, 2.05) is 0 Å². The first kappa shape index (κ1) is 8.55. The fourth-order valence-electron chi connectivity index (χ4n) is 1.98. The Labute approximate surface area is 80.3 Å². The van der Waals surface area contributed by atoms with Gasteiger partial charge in [-0.2, -0.15) is 0 Å². The minimum absolute atomic E-state index is 0.812. The Kier molecular flexibility index (Phi) is 2.22. The Morgan fingerprint density at radius 1 is 1.69 bits per heavy atom. The van der Waals surface area contributed by atoms with Crippen LogP contribution in [0.15, 0.2) is 47.6 Å². The van der Waals surface area contributed by atoms with Crippen LogP contribution in [0.3, 0.4) is 0 Å². The minimum Gasteiger partial charge on any atom is -0.0955 e. The molecule has 0 bridgehead atoms. The lowest BCUT2D eigenvalue weighted by atomic mass is 10.1. The zero-order valence-electron chi connectivity index (χ0n) is 8.22. The minimum atomic E-state index is 0.812. The molecule has 2 aliphatic carbocycles. The number of hydrogen-bond donors (Lipinski definition) is 0. The fourth-order valence-corrected chi connectivity index (χ4v) is 1.98. The lowest BCUT2D eigenvalue weighted by Gasteiger charge is -1.96. The zero-order valence-corrected chi connectivity index (χ0v) is 8.22. The average Bonchev–Trinajstić information content (AvgIpc) is 2.63. The van der Waals surface area contributed by atoms with Crippen molar-refractivity contribution in [3.05, 3.63) is 47.6 Å². The van der Waals surface area contributed by atoms with Crippen LogP contribution in [0.5, 0.6) is 0 Å². The molecule has 0 saturated heterocycles. The maximum Gasteiger partial charge on any atom is 0.00919 e. The molecule has 2 rings (SSSR count). The molecule has 0 aromatic rings. The molecule has 2 aliphatic rings. The highest BCUT2D eigenvalue weighted by molar-refractivity contribution is 5.54. The molecule has 68 valence electrons. The van der Waals surface area contributed by atoms with Crippen molar-refractivity contribution in [2.75, 3.05) is 0 Å². The van der Waals surface area contributed by atoms with Gasteiger partial charge < -0.3 is 0 Å². The molecule has 0 heterocycles. The standard InChI is InChI=1S/C13H16/c1-3-4-6-10(2)9-13-11-7-5-8-12(11)13/h4-7,12H,2-3,8-9H2,1H3/b6-4+. The summed E-state index contributed by atoms with van der Waals surface area (Å²) in [7, 11) is 0. The molecule has 0 radical (unpaired) electrons. The van der Waals surface area contributed by atoms with Gasteiger partial charge in [-0.15, -0.1) is 0 Å². The van der Waals surface area contributed by atoms with Crippen LogP contribution in [0, 0.1) is 5.92 Å². The van der Waals surface area contributed by atoms with Crippen LogP contribution in [-0.2, 0) is 0 Å². The van der Waals surface area contributed by atoms with Crippen molar-refractivity contribution in [2.45, 2.75) is 26.2 Å². The first-order valence-electron chi connectivity index (χ1n) is 5.06. The molecule has 1 unspecified atom stereocenters. The van der Waals surface area contributed by atoms with Gasteiger partial charge in [-0.3, -0.25) is 0 Å². The topological polar surface area (TPSA) is 0 Å². The van der Waals surface area contributed by atoms with Gasteiger partial charge in [-0.1, -0.05) is 49.0 Å². The van der Waals surface area contributed by atoms with Gasteiger partial charge in [-0.25, -0.2) is 0 Å². The molecule has 0 saturated carbocycles. The summed E-state index contributed by atoms with van der Waals surface area (Å²) in [4.78, 5) is 0. The normalized spacial score (nSPS) is 24.2. The Hall–Kier alpha value is -1.04. The van der Waals surface area contributed by atoms with Crippen molar-refractivity contribution in [3.8, 4) is 0 Å². The van der Waals surface area contributed by atoms with E-state index >= 15 is 0 Å². The van der Waals surface area contributed by atoms with Crippen molar-refractivity contribution in [2.24, 2.45) is 5.92 Å². The number of hydrogen-bond acceptors (Lipinski definition) is 0. The molecule has 0 aromatic carbocycles. The van der Waals surface area contributed by atoms with E-state index in [9.17, 15) is 0 Å². The third kappa shape index (κ3) is 1.67. The summed E-state index contributed by atoms with van der Waals surface area (Å²) in [6.45, 7) is 6.21. The Bertz CT molecular complexity index is 313. The summed E-state index contributed by atoms with van der Waals surface area (Å²) in [6.07, 6.45) is 12.3. The van der Waals surface area contributed by atoms with Crippen molar-refractivity contribution in [1.82, 2.24) is 0 Å². The van der Waals surface area contributed by atoms with Gasteiger partial charge >= 0.3 is 0 Å². The van der Waals surface area contributed by atoms with E-state index in [4.69, 9.17) is 0 Å². The highest BCUT2D eigenvalue weighted by atomic mass is 14.4. The van der Waals surface area contributed by atoms with E-state index in [1.165, 1.54) is 12.0 Å². The van der Waals surface area contributed by atoms with Crippen molar-refractivity contribution >= 4 is 0 Å². The Balaban J connectivity index is 1.87. The number of rotatable bonds is 4. The van der Waals surface area contributed by atoms with E-state index in [2.05, 4.69) is 37.8 Å². The van der Waals surface area contributed by atoms with Gasteiger partial charge in [0.05, 0.1) is 0 Å². The molecule has 0 nitrogen and oxygen atoms in total. The summed E-state index contributed by atoms with van der Waals surface area (Å²) in [5.41, 5.74) is 4.48. The molecule has 13 heavy (non-hydrogen) atoms. The van der Waals surface area contributed by atoms with Gasteiger partial charge in [0.1, 0.15) is 0 Å². The van der Waals surface area contributed by atoms with E-state index in [0.717, 1.165) is 18.8 Å². The van der Waals surface area contributed by atoms with Crippen LogP contribution in [0.2, 0.25) is 0 Å². The van der Waals surface area contributed by atoms with E-state index in [0.29, 0.717) is 0 Å². The quantitative estimate of drug-likeness (QED) is 0.566. The number of allylic oxidation sites excluding steroid dienone is 7. The lowest BCUT2D eigenvalue weighted by molar-refractivity contribution is 0.891. The summed E-state index contributed by atoms with van der Waals surface area (Å²) in [6, 6.07) is 0. The van der Waals surface area contributed by atoms with Crippen LogP contribution in [0.4, 0.5) is 0 Å². The van der Waals surface area contributed by atoms with Crippen molar-refractivity contribution in [3.63, 3.8) is 0 Å². The van der Waals surface area contributed by atoms with Crippen molar-refractivity contribution < 1.29 is 0 Å². The molecule has 0 spiro atoms. The highest BCUT2D eigenvalue weighted by Gasteiger charge is 2.35. The van der Waals surface area contributed by atoms with Crippen LogP contribution in [0.25, 0.3) is 0 Å². The van der Waals surface area contributed by atoms with Gasteiger partial charge in [0.25, 0.3) is 0 Å². The molecule has 0 heteroatoms. The monoisotopic (exact) mass is 172 g/mol. The maximum absolute atomic E-state index is 4.05. The van der Waals surface area contributed by atoms with Crippen LogP contribution >= 0.6 is 0 Å². The first-order valence-corrected chi connectivity index (χ1v) is 5.06. The summed E-state index contributed by atoms with van der Waals surface area (Å²) in [5.74, 6) is 0.812. The van der Waals surface area contributed by atoms with Gasteiger partial charge in [-0.05, 0) is 24.8 Å².